The van der Waals surface area contributed by atoms with Crippen LogP contribution in [0, 0.1) is 0 Å². The van der Waals surface area contributed by atoms with Gasteiger partial charge in [0.15, 0.2) is 24.8 Å². The van der Waals surface area contributed by atoms with Gasteiger partial charge < -0.3 is 57.2 Å². The van der Waals surface area contributed by atoms with E-state index in [2.05, 4.69) is 0 Å². The molecule has 7 aromatic rings. The first-order valence-electron chi connectivity index (χ1n) is 25.4. The van der Waals surface area contributed by atoms with Crippen LogP contribution >= 0.6 is 0 Å². The van der Waals surface area contributed by atoms with Crippen molar-refractivity contribution in [2.45, 2.75) is 87.8 Å². The highest BCUT2D eigenvalue weighted by Crippen LogP contribution is 2.37. The molecule has 7 aromatic carbocycles. The third-order valence-electron chi connectivity index (χ3n) is 13.0. The largest absolute Gasteiger partial charge is 0.497 e. The van der Waals surface area contributed by atoms with Crippen LogP contribution in [0.25, 0.3) is 0 Å². The van der Waals surface area contributed by atoms with E-state index < -0.39 is 85.9 Å². The summed E-state index contributed by atoms with van der Waals surface area (Å²) in [6, 6.07) is 60.9. The summed E-state index contributed by atoms with van der Waals surface area (Å²) in [7, 11) is 1.58. The van der Waals surface area contributed by atoms with E-state index in [4.69, 9.17) is 52.1 Å². The molecular formula is C62H60O15. The topological polar surface area (TPSA) is 173 Å². The van der Waals surface area contributed by atoms with E-state index in [9.17, 15) is 19.5 Å². The van der Waals surface area contributed by atoms with E-state index in [0.29, 0.717) is 5.75 Å². The molecule has 15 nitrogen and oxygen atoms in total. The Bertz CT molecular complexity index is 2880. The minimum atomic E-state index is -1.94. The molecule has 0 bridgehead atoms. The van der Waals surface area contributed by atoms with Crippen LogP contribution in [-0.2, 0) is 73.8 Å². The minimum absolute atomic E-state index is 0.00535. The fraction of sp³-hybridized carbons (Fsp3) is 0.274. The highest BCUT2D eigenvalue weighted by molar-refractivity contribution is 5.90. The molecule has 77 heavy (non-hydrogen) atoms. The minimum Gasteiger partial charge on any atom is -0.497 e. The lowest BCUT2D eigenvalue weighted by Crippen LogP contribution is -2.66. The molecule has 0 saturated carbocycles. The molecule has 2 saturated heterocycles. The molecule has 2 aliphatic rings. The van der Waals surface area contributed by atoms with E-state index in [1.54, 1.807) is 86.0 Å². The summed E-state index contributed by atoms with van der Waals surface area (Å²) in [6.07, 6.45) is -13.7. The van der Waals surface area contributed by atoms with Crippen molar-refractivity contribution in [2.24, 2.45) is 0 Å². The van der Waals surface area contributed by atoms with Crippen molar-refractivity contribution >= 4 is 17.9 Å². The molecule has 0 spiro atoms. The first-order valence-corrected chi connectivity index (χ1v) is 25.4. The first kappa shape index (κ1) is 54.2. The molecule has 9 rings (SSSR count). The first-order chi connectivity index (χ1) is 37.8. The Morgan fingerprint density at radius 2 is 0.831 bits per heavy atom. The zero-order valence-electron chi connectivity index (χ0n) is 42.3. The van der Waals surface area contributed by atoms with Crippen molar-refractivity contribution in [3.8, 4) is 5.75 Å². The average molecular weight is 1050 g/mol. The second-order valence-electron chi connectivity index (χ2n) is 18.3. The van der Waals surface area contributed by atoms with Gasteiger partial charge in [-0.3, -0.25) is 0 Å². The summed E-state index contributed by atoms with van der Waals surface area (Å²) in [5, 5.41) is 11.9. The van der Waals surface area contributed by atoms with Gasteiger partial charge in [0.05, 0.1) is 56.8 Å². The van der Waals surface area contributed by atoms with Crippen LogP contribution in [0.5, 0.6) is 5.75 Å². The van der Waals surface area contributed by atoms with Gasteiger partial charge in [-0.1, -0.05) is 158 Å². The Balaban J connectivity index is 1.14. The lowest BCUT2D eigenvalue weighted by atomic mass is 9.95. The van der Waals surface area contributed by atoms with Crippen molar-refractivity contribution in [1.29, 1.82) is 0 Å². The summed E-state index contributed by atoms with van der Waals surface area (Å²) in [4.78, 5) is 41.9. The van der Waals surface area contributed by atoms with Crippen LogP contribution in [0.3, 0.4) is 0 Å². The Morgan fingerprint density at radius 1 is 0.416 bits per heavy atom. The maximum absolute atomic E-state index is 14.3. The maximum atomic E-state index is 14.3. The number of rotatable bonds is 23. The smallest absolute Gasteiger partial charge is 0.338 e. The highest BCUT2D eigenvalue weighted by Gasteiger charge is 2.56. The summed E-state index contributed by atoms with van der Waals surface area (Å²) in [6.45, 7) is -0.0910. The number of carbonyl (C=O) groups excluding carboxylic acids is 3. The SMILES string of the molecule is COc1ccc(CO[C@H]2[C@@H](O[C@@H]3[C@H](OC(=O)c4ccccc4)[C@@H](OC(=O)c4ccccc4)[C@H](O)O[C@@H]3COC(=O)c3ccccc3)O[C@H](COCc3ccccc3)[C@H](OCc3ccccc3)[C@@H]2OCc2ccccc2)cc1. The quantitative estimate of drug-likeness (QED) is 0.0475. The van der Waals surface area contributed by atoms with Crippen LogP contribution in [-0.4, -0.2) is 105 Å². The van der Waals surface area contributed by atoms with Crippen molar-refractivity contribution in [1.82, 2.24) is 0 Å². The van der Waals surface area contributed by atoms with Gasteiger partial charge in [-0.05, 0) is 70.8 Å². The molecule has 0 aromatic heterocycles. The van der Waals surface area contributed by atoms with E-state index in [1.807, 2.05) is 115 Å². The summed E-state index contributed by atoms with van der Waals surface area (Å²) in [5.74, 6) is -1.77. The zero-order valence-corrected chi connectivity index (χ0v) is 42.3. The highest BCUT2D eigenvalue weighted by atomic mass is 16.8. The van der Waals surface area contributed by atoms with Crippen LogP contribution in [0.4, 0.5) is 0 Å². The van der Waals surface area contributed by atoms with Crippen molar-refractivity contribution in [3.05, 3.63) is 245 Å². The number of esters is 3. The summed E-state index contributed by atoms with van der Waals surface area (Å²) < 4.78 is 71.4. The molecule has 2 fully saturated rings. The molecule has 2 heterocycles. The lowest BCUT2D eigenvalue weighted by molar-refractivity contribution is -0.366. The predicted octanol–water partition coefficient (Wildman–Crippen LogP) is 9.10. The number of aliphatic hydroxyl groups excluding tert-OH is 1. The second kappa shape index (κ2) is 27.5. The van der Waals surface area contributed by atoms with Crippen LogP contribution in [0.15, 0.2) is 206 Å². The molecule has 0 amide bonds. The van der Waals surface area contributed by atoms with Crippen molar-refractivity contribution < 1.29 is 71.6 Å². The number of ether oxygens (including phenoxy) is 11. The Hall–Kier alpha value is -7.57. The fourth-order valence-electron chi connectivity index (χ4n) is 8.96. The number of methoxy groups -OCH3 is 1. The van der Waals surface area contributed by atoms with Gasteiger partial charge in [-0.25, -0.2) is 14.4 Å². The van der Waals surface area contributed by atoms with Gasteiger partial charge in [0.25, 0.3) is 0 Å². The standard InChI is InChI=1S/C62H60O15/c1-67-49-34-32-45(33-35-49)39-71-57-54(70-38-44-24-12-4-13-25-44)52(69-37-43-22-10-3-11-23-43)50(40-68-36-42-20-8-2-9-21-42)74-62(57)77-53-51(41-72-58(63)46-26-14-5-15-27-46)73-61(66)56(76-60(65)48-30-18-7-19-31-48)55(53)75-59(64)47-28-16-6-17-29-47/h2-35,50-57,61-62,66H,36-41H2,1H3/t50-,51-,52+,53+,54+,55+,56-,57-,61-,62-/m1/s1. The van der Waals surface area contributed by atoms with E-state index >= 15 is 0 Å². The van der Waals surface area contributed by atoms with E-state index in [1.165, 1.54) is 12.1 Å². The van der Waals surface area contributed by atoms with Crippen molar-refractivity contribution in [3.63, 3.8) is 0 Å². The number of carbonyl (C=O) groups is 3. The monoisotopic (exact) mass is 1040 g/mol. The van der Waals surface area contributed by atoms with Gasteiger partial charge in [-0.2, -0.15) is 0 Å². The van der Waals surface area contributed by atoms with Gasteiger partial charge >= 0.3 is 17.9 Å². The molecule has 398 valence electrons. The van der Waals surface area contributed by atoms with Gasteiger partial charge in [0, 0.05) is 0 Å². The van der Waals surface area contributed by atoms with E-state index in [-0.39, 0.29) is 49.7 Å². The van der Waals surface area contributed by atoms with Crippen LogP contribution in [0.1, 0.15) is 53.3 Å². The van der Waals surface area contributed by atoms with Crippen LogP contribution in [0.2, 0.25) is 0 Å². The molecular weight excluding hydrogens is 985 g/mol. The molecule has 0 radical (unpaired) electrons. The number of aliphatic hydroxyl groups is 1. The molecule has 2 aliphatic heterocycles. The number of benzene rings is 7. The van der Waals surface area contributed by atoms with Crippen molar-refractivity contribution in [2.75, 3.05) is 20.3 Å². The Labute approximate surface area is 447 Å². The van der Waals surface area contributed by atoms with Gasteiger partial charge in [-0.15, -0.1) is 0 Å². The molecule has 15 heteroatoms. The number of hydrogen-bond acceptors (Lipinski definition) is 15. The van der Waals surface area contributed by atoms with E-state index in [0.717, 1.165) is 22.3 Å². The molecule has 0 aliphatic carbocycles. The Morgan fingerprint density at radius 3 is 1.34 bits per heavy atom. The zero-order chi connectivity index (χ0) is 53.2. The van der Waals surface area contributed by atoms with Crippen LogP contribution < -0.4 is 4.74 Å². The molecule has 1 N–H and O–H groups in total. The lowest BCUT2D eigenvalue weighted by Gasteiger charge is -2.49. The molecule has 10 atom stereocenters. The number of hydrogen-bond donors (Lipinski definition) is 1. The van der Waals surface area contributed by atoms with Gasteiger partial charge in [0.1, 0.15) is 49.0 Å². The third-order valence-corrected chi connectivity index (χ3v) is 13.0. The second-order valence-corrected chi connectivity index (χ2v) is 18.3. The third kappa shape index (κ3) is 14.9. The molecule has 0 unspecified atom stereocenters. The fourth-order valence-corrected chi connectivity index (χ4v) is 8.96. The predicted molar refractivity (Wildman–Crippen MR) is 280 cm³/mol. The maximum Gasteiger partial charge on any atom is 0.338 e. The summed E-state index contributed by atoms with van der Waals surface area (Å²) in [5.41, 5.74) is 3.95. The average Bonchev–Trinajstić information content (AvgIpc) is 3.49. The normalized spacial score (nSPS) is 23.0. The van der Waals surface area contributed by atoms with Gasteiger partial charge in [0.2, 0.25) is 0 Å². The summed E-state index contributed by atoms with van der Waals surface area (Å²) >= 11 is 0. The Kier molecular flexibility index (Phi) is 19.3.